The first-order chi connectivity index (χ1) is 17.2. The van der Waals surface area contributed by atoms with Crippen LogP contribution in [0, 0.1) is 5.41 Å². The highest BCUT2D eigenvalue weighted by atomic mass is 16.5. The molecule has 194 valence electrons. The summed E-state index contributed by atoms with van der Waals surface area (Å²) in [5.74, 6) is 0.203. The number of methoxy groups -OCH3 is 1. The molecule has 1 heterocycles. The second kappa shape index (κ2) is 12.7. The molecule has 1 saturated heterocycles. The molecule has 0 radical (unpaired) electrons. The summed E-state index contributed by atoms with van der Waals surface area (Å²) in [5, 5.41) is 19.7. The molecule has 1 unspecified atom stereocenters. The molecule has 0 aliphatic carbocycles. The molecule has 2 aromatic carbocycles. The van der Waals surface area contributed by atoms with Crippen LogP contribution < -0.4 is 4.74 Å². The standard InChI is InChI=1S/C30H39NO5/c1-30(2)21-25(31(29(30)35)18-7-5-4-6-11-28(33)34)14-17-27(32)24-10-8-9-23(20-24)19-22-12-15-26(36-3)16-13-22/h8-10,12-17,20,25,27,32H,4-7,11,18-19,21H2,1-3H3,(H,33,34)/b17-14+/t25-,27?/m0/s1. The average molecular weight is 494 g/mol. The summed E-state index contributed by atoms with van der Waals surface area (Å²) in [7, 11) is 1.65. The summed E-state index contributed by atoms with van der Waals surface area (Å²) in [6.45, 7) is 4.60. The molecule has 2 aromatic rings. The van der Waals surface area contributed by atoms with Crippen LogP contribution in [0.5, 0.6) is 5.75 Å². The Labute approximate surface area is 214 Å². The molecule has 0 spiro atoms. The van der Waals surface area contributed by atoms with Crippen molar-refractivity contribution >= 4 is 11.9 Å². The Morgan fingerprint density at radius 2 is 1.83 bits per heavy atom. The number of hydrogen-bond acceptors (Lipinski definition) is 4. The van der Waals surface area contributed by atoms with Gasteiger partial charge in [0.05, 0.1) is 19.3 Å². The number of aliphatic hydroxyl groups is 1. The Balaban J connectivity index is 1.60. The predicted molar refractivity (Wildman–Crippen MR) is 141 cm³/mol. The number of benzene rings is 2. The van der Waals surface area contributed by atoms with E-state index in [0.29, 0.717) is 19.4 Å². The van der Waals surface area contributed by atoms with Crippen molar-refractivity contribution in [3.63, 3.8) is 0 Å². The Morgan fingerprint density at radius 1 is 1.11 bits per heavy atom. The lowest BCUT2D eigenvalue weighted by atomic mass is 9.89. The summed E-state index contributed by atoms with van der Waals surface area (Å²) in [6, 6.07) is 15.9. The van der Waals surface area contributed by atoms with Crippen molar-refractivity contribution in [2.24, 2.45) is 5.41 Å². The van der Waals surface area contributed by atoms with Gasteiger partial charge in [0.1, 0.15) is 5.75 Å². The maximum atomic E-state index is 13.0. The van der Waals surface area contributed by atoms with Gasteiger partial charge in [-0.05, 0) is 54.5 Å². The number of carbonyl (C=O) groups excluding carboxylic acids is 1. The molecule has 0 saturated carbocycles. The summed E-state index contributed by atoms with van der Waals surface area (Å²) >= 11 is 0. The molecule has 3 rings (SSSR count). The zero-order valence-electron chi connectivity index (χ0n) is 21.7. The Bertz CT molecular complexity index is 1040. The van der Waals surface area contributed by atoms with Crippen molar-refractivity contribution in [1.29, 1.82) is 0 Å². The van der Waals surface area contributed by atoms with Crippen LogP contribution in [0.15, 0.2) is 60.7 Å². The Morgan fingerprint density at radius 3 is 2.53 bits per heavy atom. The van der Waals surface area contributed by atoms with Crippen LogP contribution in [0.1, 0.15) is 75.2 Å². The normalized spacial score (nSPS) is 18.1. The highest BCUT2D eigenvalue weighted by Crippen LogP contribution is 2.36. The largest absolute Gasteiger partial charge is 0.497 e. The minimum atomic E-state index is -0.763. The van der Waals surface area contributed by atoms with Crippen LogP contribution in [0.4, 0.5) is 0 Å². The van der Waals surface area contributed by atoms with E-state index in [0.717, 1.165) is 42.6 Å². The van der Waals surface area contributed by atoms with E-state index in [1.54, 1.807) is 13.2 Å². The minimum absolute atomic E-state index is 0.0522. The lowest BCUT2D eigenvalue weighted by molar-refractivity contribution is -0.137. The number of carboxylic acid groups (broad SMARTS) is 1. The van der Waals surface area contributed by atoms with Crippen LogP contribution >= 0.6 is 0 Å². The molecule has 6 heteroatoms. The highest BCUT2D eigenvalue weighted by molar-refractivity contribution is 5.85. The number of unbranched alkanes of at least 4 members (excludes halogenated alkanes) is 3. The van der Waals surface area contributed by atoms with E-state index in [2.05, 4.69) is 6.07 Å². The fraction of sp³-hybridized carbons (Fsp3) is 0.467. The topological polar surface area (TPSA) is 87.1 Å². The fourth-order valence-electron chi connectivity index (χ4n) is 4.82. The van der Waals surface area contributed by atoms with E-state index in [1.807, 2.05) is 67.3 Å². The summed E-state index contributed by atoms with van der Waals surface area (Å²) in [5.41, 5.74) is 2.68. The van der Waals surface area contributed by atoms with Crippen LogP contribution in [0.2, 0.25) is 0 Å². The van der Waals surface area contributed by atoms with Crippen molar-refractivity contribution in [3.8, 4) is 5.75 Å². The van der Waals surface area contributed by atoms with Gasteiger partial charge in [0, 0.05) is 18.4 Å². The molecular formula is C30H39NO5. The molecule has 0 bridgehead atoms. The first-order valence-electron chi connectivity index (χ1n) is 12.8. The van der Waals surface area contributed by atoms with Gasteiger partial charge in [0.25, 0.3) is 0 Å². The maximum Gasteiger partial charge on any atom is 0.303 e. The number of aliphatic carboxylic acids is 1. The van der Waals surface area contributed by atoms with Crippen molar-refractivity contribution in [2.45, 2.75) is 70.9 Å². The fourth-order valence-corrected chi connectivity index (χ4v) is 4.82. The van der Waals surface area contributed by atoms with E-state index < -0.39 is 17.5 Å². The lowest BCUT2D eigenvalue weighted by Crippen LogP contribution is -2.35. The van der Waals surface area contributed by atoms with Crippen molar-refractivity contribution < 1.29 is 24.5 Å². The van der Waals surface area contributed by atoms with Crippen molar-refractivity contribution in [2.75, 3.05) is 13.7 Å². The van der Waals surface area contributed by atoms with Crippen LogP contribution in [-0.4, -0.2) is 46.7 Å². The molecule has 1 fully saturated rings. The van der Waals surface area contributed by atoms with Gasteiger partial charge in [-0.1, -0.05) is 75.2 Å². The SMILES string of the molecule is COc1ccc(Cc2cccc(C(O)/C=C/[C@H]3CC(C)(C)C(=O)N3CCCCCCC(=O)O)c2)cc1. The van der Waals surface area contributed by atoms with Crippen molar-refractivity contribution in [3.05, 3.63) is 77.4 Å². The summed E-state index contributed by atoms with van der Waals surface area (Å²) in [4.78, 5) is 25.5. The van der Waals surface area contributed by atoms with Gasteiger partial charge < -0.3 is 19.8 Å². The molecule has 2 atom stereocenters. The molecule has 1 aliphatic heterocycles. The third-order valence-electron chi connectivity index (χ3n) is 6.87. The zero-order chi connectivity index (χ0) is 26.1. The summed E-state index contributed by atoms with van der Waals surface area (Å²) in [6.07, 6.45) is 7.96. The second-order valence-corrected chi connectivity index (χ2v) is 10.3. The predicted octanol–water partition coefficient (Wildman–Crippen LogP) is 5.54. The lowest BCUT2D eigenvalue weighted by Gasteiger charge is -2.23. The average Bonchev–Trinajstić information content (AvgIpc) is 3.07. The number of rotatable bonds is 13. The van der Waals surface area contributed by atoms with Gasteiger partial charge in [-0.25, -0.2) is 0 Å². The molecule has 2 N–H and O–H groups in total. The Hall–Kier alpha value is -3.12. The van der Waals surface area contributed by atoms with E-state index in [1.165, 1.54) is 5.56 Å². The number of hydrogen-bond donors (Lipinski definition) is 2. The van der Waals surface area contributed by atoms with Crippen LogP contribution in [0.3, 0.4) is 0 Å². The number of likely N-dealkylation sites (tertiary alicyclic amines) is 1. The number of amides is 1. The number of carboxylic acids is 1. The first kappa shape index (κ1) is 27.5. The highest BCUT2D eigenvalue weighted by Gasteiger charge is 2.43. The van der Waals surface area contributed by atoms with Crippen LogP contribution in [-0.2, 0) is 16.0 Å². The molecule has 0 aromatic heterocycles. The van der Waals surface area contributed by atoms with E-state index >= 15 is 0 Å². The molecule has 36 heavy (non-hydrogen) atoms. The van der Waals surface area contributed by atoms with Gasteiger partial charge in [-0.2, -0.15) is 0 Å². The molecule has 6 nitrogen and oxygen atoms in total. The van der Waals surface area contributed by atoms with Crippen LogP contribution in [0.25, 0.3) is 0 Å². The summed E-state index contributed by atoms with van der Waals surface area (Å²) < 4.78 is 5.23. The van der Waals surface area contributed by atoms with Crippen molar-refractivity contribution in [1.82, 2.24) is 4.90 Å². The smallest absolute Gasteiger partial charge is 0.303 e. The van der Waals surface area contributed by atoms with Gasteiger partial charge in [0.2, 0.25) is 5.91 Å². The molecule has 1 amide bonds. The number of carbonyl (C=O) groups is 2. The quantitative estimate of drug-likeness (QED) is 0.283. The second-order valence-electron chi connectivity index (χ2n) is 10.3. The van der Waals surface area contributed by atoms with E-state index in [4.69, 9.17) is 9.84 Å². The van der Waals surface area contributed by atoms with Gasteiger partial charge in [-0.3, -0.25) is 9.59 Å². The minimum Gasteiger partial charge on any atom is -0.497 e. The van der Waals surface area contributed by atoms with Gasteiger partial charge >= 0.3 is 5.97 Å². The van der Waals surface area contributed by atoms with E-state index in [-0.39, 0.29) is 18.4 Å². The molecular weight excluding hydrogens is 454 g/mol. The zero-order valence-corrected chi connectivity index (χ0v) is 21.7. The number of ether oxygens (including phenoxy) is 1. The third kappa shape index (κ3) is 7.69. The first-order valence-corrected chi connectivity index (χ1v) is 12.8. The van der Waals surface area contributed by atoms with E-state index in [9.17, 15) is 14.7 Å². The Kier molecular flexibility index (Phi) is 9.71. The third-order valence-corrected chi connectivity index (χ3v) is 6.87. The number of aliphatic hydroxyl groups excluding tert-OH is 1. The molecule has 1 aliphatic rings. The van der Waals surface area contributed by atoms with Gasteiger partial charge in [-0.15, -0.1) is 0 Å². The maximum absolute atomic E-state index is 13.0. The number of nitrogens with zero attached hydrogens (tertiary/aromatic N) is 1. The van der Waals surface area contributed by atoms with Gasteiger partial charge in [0.15, 0.2) is 0 Å². The monoisotopic (exact) mass is 493 g/mol.